The molecule has 1 unspecified atom stereocenters. The van der Waals surface area contributed by atoms with Crippen molar-refractivity contribution in [3.05, 3.63) is 15.9 Å². The number of nitrogens with zero attached hydrogens (tertiary/aromatic N) is 2. The van der Waals surface area contributed by atoms with Crippen molar-refractivity contribution in [2.45, 2.75) is 38.7 Å². The van der Waals surface area contributed by atoms with E-state index < -0.39 is 0 Å². The van der Waals surface area contributed by atoms with Gasteiger partial charge in [0.2, 0.25) is 0 Å². The molecular weight excluding hydrogens is 296 g/mol. The Morgan fingerprint density at radius 3 is 2.72 bits per heavy atom. The van der Waals surface area contributed by atoms with E-state index in [0.717, 1.165) is 48.3 Å². The van der Waals surface area contributed by atoms with Gasteiger partial charge in [-0.15, -0.1) is 0 Å². The van der Waals surface area contributed by atoms with Crippen LogP contribution in [0.1, 0.15) is 31.2 Å². The van der Waals surface area contributed by atoms with Gasteiger partial charge in [0.15, 0.2) is 0 Å². The Labute approximate surface area is 116 Å². The van der Waals surface area contributed by atoms with Crippen LogP contribution in [0.2, 0.25) is 0 Å². The lowest BCUT2D eigenvalue weighted by molar-refractivity contribution is 0.00771. The SMILES string of the molecule is CCc1nn(C)c(CC(O)C2CCOCC2)c1Br. The fraction of sp³-hybridized carbons (Fsp3) is 0.769. The molecule has 102 valence electrons. The average Bonchev–Trinajstić information content (AvgIpc) is 2.67. The van der Waals surface area contributed by atoms with Gasteiger partial charge >= 0.3 is 0 Å². The summed E-state index contributed by atoms with van der Waals surface area (Å²) < 4.78 is 8.27. The highest BCUT2D eigenvalue weighted by atomic mass is 79.9. The summed E-state index contributed by atoms with van der Waals surface area (Å²) in [6, 6.07) is 0. The predicted octanol–water partition coefficient (Wildman–Crippen LogP) is 2.08. The minimum atomic E-state index is -0.301. The smallest absolute Gasteiger partial charge is 0.0766 e. The highest BCUT2D eigenvalue weighted by Gasteiger charge is 2.25. The van der Waals surface area contributed by atoms with Gasteiger partial charge < -0.3 is 9.84 Å². The maximum atomic E-state index is 10.3. The van der Waals surface area contributed by atoms with Gasteiger partial charge in [0.1, 0.15) is 0 Å². The maximum Gasteiger partial charge on any atom is 0.0766 e. The molecule has 2 heterocycles. The molecule has 0 aliphatic carbocycles. The lowest BCUT2D eigenvalue weighted by Gasteiger charge is -2.26. The molecule has 0 spiro atoms. The number of aliphatic hydroxyl groups is 1. The second-order valence-corrected chi connectivity index (χ2v) is 5.70. The zero-order valence-corrected chi connectivity index (χ0v) is 12.6. The van der Waals surface area contributed by atoms with Crippen LogP contribution in [0.25, 0.3) is 0 Å². The molecule has 1 atom stereocenters. The molecule has 0 saturated carbocycles. The highest BCUT2D eigenvalue weighted by Crippen LogP contribution is 2.26. The third-order valence-corrected chi connectivity index (χ3v) is 4.63. The van der Waals surface area contributed by atoms with Crippen LogP contribution < -0.4 is 0 Å². The molecule has 1 N–H and O–H groups in total. The average molecular weight is 317 g/mol. The van der Waals surface area contributed by atoms with Crippen molar-refractivity contribution in [3.8, 4) is 0 Å². The molecule has 0 amide bonds. The van der Waals surface area contributed by atoms with Gasteiger partial charge in [0, 0.05) is 26.7 Å². The molecule has 1 aliphatic heterocycles. The predicted molar refractivity (Wildman–Crippen MR) is 73.5 cm³/mol. The van der Waals surface area contributed by atoms with Crippen LogP contribution >= 0.6 is 15.9 Å². The fourth-order valence-corrected chi connectivity index (χ4v) is 3.29. The molecule has 0 aromatic carbocycles. The van der Waals surface area contributed by atoms with Gasteiger partial charge in [-0.3, -0.25) is 4.68 Å². The van der Waals surface area contributed by atoms with Crippen LogP contribution in [-0.2, 0) is 24.6 Å². The zero-order valence-electron chi connectivity index (χ0n) is 11.0. The molecule has 1 aromatic heterocycles. The Kier molecular flexibility index (Phi) is 4.81. The van der Waals surface area contributed by atoms with E-state index in [4.69, 9.17) is 4.74 Å². The normalized spacial score (nSPS) is 19.1. The van der Waals surface area contributed by atoms with Gasteiger partial charge in [-0.05, 0) is 41.1 Å². The van der Waals surface area contributed by atoms with E-state index in [1.54, 1.807) is 0 Å². The first-order valence-electron chi connectivity index (χ1n) is 6.59. The highest BCUT2D eigenvalue weighted by molar-refractivity contribution is 9.10. The summed E-state index contributed by atoms with van der Waals surface area (Å²) in [5.74, 6) is 0.352. The lowest BCUT2D eigenvalue weighted by Crippen LogP contribution is -2.29. The van der Waals surface area contributed by atoms with E-state index >= 15 is 0 Å². The van der Waals surface area contributed by atoms with Crippen LogP contribution in [0.15, 0.2) is 4.47 Å². The Hall–Kier alpha value is -0.390. The number of halogens is 1. The van der Waals surface area contributed by atoms with E-state index in [0.29, 0.717) is 12.3 Å². The Morgan fingerprint density at radius 2 is 2.17 bits per heavy atom. The molecular formula is C13H21BrN2O2. The first-order chi connectivity index (χ1) is 8.63. The second kappa shape index (κ2) is 6.17. The number of hydrogen-bond acceptors (Lipinski definition) is 3. The number of rotatable bonds is 4. The topological polar surface area (TPSA) is 47.3 Å². The van der Waals surface area contributed by atoms with Crippen molar-refractivity contribution in [1.82, 2.24) is 9.78 Å². The van der Waals surface area contributed by atoms with Gasteiger partial charge in [-0.25, -0.2) is 0 Å². The number of aromatic nitrogens is 2. The standard InChI is InChI=1S/C13H21BrN2O2/c1-3-10-13(14)11(16(2)15-10)8-12(17)9-4-6-18-7-5-9/h9,12,17H,3-8H2,1-2H3. The van der Waals surface area contributed by atoms with Crippen LogP contribution in [0, 0.1) is 5.92 Å². The van der Waals surface area contributed by atoms with Crippen molar-refractivity contribution in [2.75, 3.05) is 13.2 Å². The molecule has 1 aliphatic rings. The maximum absolute atomic E-state index is 10.3. The molecule has 18 heavy (non-hydrogen) atoms. The third-order valence-electron chi connectivity index (χ3n) is 3.72. The number of ether oxygens (including phenoxy) is 1. The van der Waals surface area contributed by atoms with E-state index in [1.165, 1.54) is 0 Å². The van der Waals surface area contributed by atoms with Crippen LogP contribution in [-0.4, -0.2) is 34.2 Å². The number of hydrogen-bond donors (Lipinski definition) is 1. The van der Waals surface area contributed by atoms with Crippen LogP contribution in [0.3, 0.4) is 0 Å². The van der Waals surface area contributed by atoms with Crippen molar-refractivity contribution < 1.29 is 9.84 Å². The van der Waals surface area contributed by atoms with Crippen LogP contribution in [0.5, 0.6) is 0 Å². The van der Waals surface area contributed by atoms with Crippen molar-refractivity contribution in [2.24, 2.45) is 13.0 Å². The van der Waals surface area contributed by atoms with Crippen molar-refractivity contribution >= 4 is 15.9 Å². The number of aliphatic hydroxyl groups excluding tert-OH is 1. The molecule has 4 nitrogen and oxygen atoms in total. The summed E-state index contributed by atoms with van der Waals surface area (Å²) in [6.07, 6.45) is 3.18. The molecule has 0 bridgehead atoms. The van der Waals surface area contributed by atoms with Crippen molar-refractivity contribution in [1.29, 1.82) is 0 Å². The zero-order chi connectivity index (χ0) is 13.1. The summed E-state index contributed by atoms with van der Waals surface area (Å²) in [6.45, 7) is 3.63. The van der Waals surface area contributed by atoms with E-state index in [1.807, 2.05) is 11.7 Å². The van der Waals surface area contributed by atoms with E-state index in [2.05, 4.69) is 28.0 Å². The van der Waals surface area contributed by atoms with E-state index in [-0.39, 0.29) is 6.10 Å². The van der Waals surface area contributed by atoms with E-state index in [9.17, 15) is 5.11 Å². The molecule has 0 radical (unpaired) electrons. The van der Waals surface area contributed by atoms with Gasteiger partial charge in [0.25, 0.3) is 0 Å². The summed E-state index contributed by atoms with van der Waals surface area (Å²) >= 11 is 3.60. The molecule has 5 heteroatoms. The molecule has 1 fully saturated rings. The number of aryl methyl sites for hydroxylation is 2. The summed E-state index contributed by atoms with van der Waals surface area (Å²) in [5, 5.41) is 14.8. The molecule has 2 rings (SSSR count). The fourth-order valence-electron chi connectivity index (χ4n) is 2.51. The second-order valence-electron chi connectivity index (χ2n) is 4.91. The Bertz CT molecular complexity index is 400. The molecule has 1 aromatic rings. The minimum Gasteiger partial charge on any atom is -0.392 e. The monoisotopic (exact) mass is 316 g/mol. The van der Waals surface area contributed by atoms with Crippen molar-refractivity contribution in [3.63, 3.8) is 0 Å². The summed E-state index contributed by atoms with van der Waals surface area (Å²) in [5.41, 5.74) is 2.15. The first kappa shape index (κ1) is 14.0. The van der Waals surface area contributed by atoms with Crippen LogP contribution in [0.4, 0.5) is 0 Å². The van der Waals surface area contributed by atoms with Gasteiger partial charge in [-0.1, -0.05) is 6.92 Å². The summed E-state index contributed by atoms with van der Waals surface area (Å²) in [7, 11) is 1.94. The third kappa shape index (κ3) is 2.95. The lowest BCUT2D eigenvalue weighted by atomic mass is 9.91. The molecule has 1 saturated heterocycles. The quantitative estimate of drug-likeness (QED) is 0.925. The Morgan fingerprint density at radius 1 is 1.50 bits per heavy atom. The largest absolute Gasteiger partial charge is 0.392 e. The van der Waals surface area contributed by atoms with Gasteiger partial charge in [0.05, 0.1) is 22.0 Å². The summed E-state index contributed by atoms with van der Waals surface area (Å²) in [4.78, 5) is 0. The first-order valence-corrected chi connectivity index (χ1v) is 7.38. The minimum absolute atomic E-state index is 0.301. The van der Waals surface area contributed by atoms with Gasteiger partial charge in [-0.2, -0.15) is 5.10 Å². The Balaban J connectivity index is 2.06.